The fourth-order valence-electron chi connectivity index (χ4n) is 2.90. The van der Waals surface area contributed by atoms with Gasteiger partial charge in [-0.15, -0.1) is 0 Å². The Bertz CT molecular complexity index is 566. The molecule has 1 aliphatic carbocycles. The summed E-state index contributed by atoms with van der Waals surface area (Å²) in [6, 6.07) is 2.10. The summed E-state index contributed by atoms with van der Waals surface area (Å²) in [5, 5.41) is 14.2. The molecule has 2 rings (SSSR count). The minimum atomic E-state index is -0.813. The van der Waals surface area contributed by atoms with E-state index in [0.717, 1.165) is 12.1 Å². The highest BCUT2D eigenvalue weighted by Crippen LogP contribution is 2.24. The molecule has 23 heavy (non-hydrogen) atoms. The number of halogens is 2. The summed E-state index contributed by atoms with van der Waals surface area (Å²) in [4.78, 5) is 22.8. The lowest BCUT2D eigenvalue weighted by Crippen LogP contribution is -2.45. The predicted molar refractivity (Wildman–Crippen MR) is 79.8 cm³/mol. The molecule has 126 valence electrons. The first-order valence-electron chi connectivity index (χ1n) is 7.62. The molecule has 1 fully saturated rings. The number of carbonyl (C=O) groups excluding carboxylic acids is 1. The van der Waals surface area contributed by atoms with Crippen LogP contribution in [0.1, 0.15) is 44.2 Å². The first-order chi connectivity index (χ1) is 10.9. The number of benzene rings is 1. The maximum absolute atomic E-state index is 13.7. The topological polar surface area (TPSA) is 78.4 Å². The number of aliphatic carboxylic acids is 1. The first-order valence-corrected chi connectivity index (χ1v) is 7.62. The number of hydrogen-bond donors (Lipinski definition) is 3. The number of rotatable bonds is 4. The van der Waals surface area contributed by atoms with Crippen LogP contribution in [-0.2, 0) is 4.79 Å². The van der Waals surface area contributed by atoms with Crippen LogP contribution < -0.4 is 10.6 Å². The highest BCUT2D eigenvalue weighted by molar-refractivity contribution is 5.75. The van der Waals surface area contributed by atoms with Crippen LogP contribution in [0.3, 0.4) is 0 Å². The summed E-state index contributed by atoms with van der Waals surface area (Å²) in [6.45, 7) is 1.50. The molecule has 0 heterocycles. The van der Waals surface area contributed by atoms with Crippen LogP contribution in [0.5, 0.6) is 0 Å². The molecule has 0 saturated heterocycles. The molecule has 1 aromatic rings. The van der Waals surface area contributed by atoms with E-state index in [0.29, 0.717) is 25.7 Å². The van der Waals surface area contributed by atoms with Gasteiger partial charge in [0.25, 0.3) is 0 Å². The van der Waals surface area contributed by atoms with Crippen molar-refractivity contribution in [3.8, 4) is 0 Å². The van der Waals surface area contributed by atoms with Gasteiger partial charge < -0.3 is 15.7 Å². The summed E-state index contributed by atoms with van der Waals surface area (Å²) in [5.74, 6) is -2.58. The van der Waals surface area contributed by atoms with Crippen molar-refractivity contribution in [2.45, 2.75) is 44.7 Å². The van der Waals surface area contributed by atoms with E-state index in [9.17, 15) is 18.4 Å². The minimum Gasteiger partial charge on any atom is -0.481 e. The Kier molecular flexibility index (Phi) is 5.52. The highest BCUT2D eigenvalue weighted by atomic mass is 19.1. The number of amides is 2. The van der Waals surface area contributed by atoms with Gasteiger partial charge >= 0.3 is 12.0 Å². The molecule has 0 bridgehead atoms. The maximum atomic E-state index is 13.7. The molecule has 0 aromatic heterocycles. The molecule has 2 amide bonds. The summed E-state index contributed by atoms with van der Waals surface area (Å²) in [5.41, 5.74) is -0.183. The fourth-order valence-corrected chi connectivity index (χ4v) is 2.90. The third-order valence-electron chi connectivity index (χ3n) is 4.19. The van der Waals surface area contributed by atoms with Crippen molar-refractivity contribution in [2.75, 3.05) is 0 Å². The van der Waals surface area contributed by atoms with E-state index in [-0.39, 0.29) is 17.5 Å². The van der Waals surface area contributed by atoms with Gasteiger partial charge in [-0.25, -0.2) is 13.6 Å². The monoisotopic (exact) mass is 326 g/mol. The highest BCUT2D eigenvalue weighted by Gasteiger charge is 2.27. The smallest absolute Gasteiger partial charge is 0.315 e. The third-order valence-corrected chi connectivity index (χ3v) is 4.19. The maximum Gasteiger partial charge on any atom is 0.315 e. The van der Waals surface area contributed by atoms with Gasteiger partial charge in [0.2, 0.25) is 0 Å². The molecule has 5 nitrogen and oxygen atoms in total. The van der Waals surface area contributed by atoms with Gasteiger partial charge in [0.1, 0.15) is 11.6 Å². The van der Waals surface area contributed by atoms with Crippen LogP contribution in [0.2, 0.25) is 0 Å². The van der Waals surface area contributed by atoms with Crippen LogP contribution in [0.25, 0.3) is 0 Å². The minimum absolute atomic E-state index is 0.122. The second kappa shape index (κ2) is 7.39. The fraction of sp³-hybridized carbons (Fsp3) is 0.500. The zero-order valence-corrected chi connectivity index (χ0v) is 12.8. The molecule has 0 spiro atoms. The summed E-state index contributed by atoms with van der Waals surface area (Å²) >= 11 is 0. The van der Waals surface area contributed by atoms with Crippen molar-refractivity contribution in [3.63, 3.8) is 0 Å². The summed E-state index contributed by atoms with van der Waals surface area (Å²) < 4.78 is 27.3. The van der Waals surface area contributed by atoms with E-state index in [1.54, 1.807) is 0 Å². The molecule has 1 saturated carbocycles. The molecular weight excluding hydrogens is 306 g/mol. The molecular formula is C16H20F2N2O3. The number of carbonyl (C=O) groups is 2. The lowest BCUT2D eigenvalue weighted by molar-refractivity contribution is -0.142. The number of carboxylic acid groups (broad SMARTS) is 1. The van der Waals surface area contributed by atoms with Gasteiger partial charge in [0, 0.05) is 11.6 Å². The second-order valence-corrected chi connectivity index (χ2v) is 5.86. The van der Waals surface area contributed by atoms with E-state index in [1.165, 1.54) is 13.0 Å². The predicted octanol–water partition coefficient (Wildman–Crippen LogP) is 2.97. The van der Waals surface area contributed by atoms with Crippen molar-refractivity contribution in [1.29, 1.82) is 0 Å². The van der Waals surface area contributed by atoms with Gasteiger partial charge in [-0.05, 0) is 44.7 Å². The van der Waals surface area contributed by atoms with Gasteiger partial charge in [-0.1, -0.05) is 6.07 Å². The first kappa shape index (κ1) is 17.2. The quantitative estimate of drug-likeness (QED) is 0.796. The van der Waals surface area contributed by atoms with Crippen LogP contribution in [0.15, 0.2) is 18.2 Å². The van der Waals surface area contributed by atoms with Crippen molar-refractivity contribution < 1.29 is 23.5 Å². The Morgan fingerprint density at radius 1 is 1.17 bits per heavy atom. The van der Waals surface area contributed by atoms with Crippen molar-refractivity contribution in [2.24, 2.45) is 5.92 Å². The molecule has 1 aromatic carbocycles. The van der Waals surface area contributed by atoms with Gasteiger partial charge in [0.05, 0.1) is 12.0 Å². The molecule has 1 aliphatic rings. The zero-order valence-electron chi connectivity index (χ0n) is 12.8. The SMILES string of the molecule is CC(NC(=O)NC1CCC(C(=O)O)CC1)c1c(F)cccc1F. The number of carboxylic acids is 1. The Morgan fingerprint density at radius 2 is 1.74 bits per heavy atom. The van der Waals surface area contributed by atoms with Crippen molar-refractivity contribution >= 4 is 12.0 Å². The standard InChI is InChI=1S/C16H20F2N2O3/c1-9(14-12(17)3-2-4-13(14)18)19-16(23)20-11-7-5-10(6-8-11)15(21)22/h2-4,9-11H,5-8H2,1H3,(H,21,22)(H2,19,20,23). The average Bonchev–Trinajstić information content (AvgIpc) is 2.47. The zero-order chi connectivity index (χ0) is 17.0. The second-order valence-electron chi connectivity index (χ2n) is 5.86. The van der Waals surface area contributed by atoms with Gasteiger partial charge in [-0.2, -0.15) is 0 Å². The molecule has 0 aliphatic heterocycles. The Hall–Kier alpha value is -2.18. The third kappa shape index (κ3) is 4.40. The van der Waals surface area contributed by atoms with Crippen molar-refractivity contribution in [1.82, 2.24) is 10.6 Å². The van der Waals surface area contributed by atoms with Crippen molar-refractivity contribution in [3.05, 3.63) is 35.4 Å². The van der Waals surface area contributed by atoms with E-state index < -0.39 is 29.7 Å². The normalized spacial score (nSPS) is 22.2. The molecule has 3 N–H and O–H groups in total. The van der Waals surface area contributed by atoms with Gasteiger partial charge in [-0.3, -0.25) is 4.79 Å². The van der Waals surface area contributed by atoms with Crippen LogP contribution >= 0.6 is 0 Å². The number of nitrogens with one attached hydrogen (secondary N) is 2. The van der Waals surface area contributed by atoms with E-state index in [1.807, 2.05) is 0 Å². The Balaban J connectivity index is 1.87. The van der Waals surface area contributed by atoms with E-state index in [4.69, 9.17) is 5.11 Å². The lowest BCUT2D eigenvalue weighted by atomic mass is 9.86. The Labute approximate surface area is 133 Å². The Morgan fingerprint density at radius 3 is 2.26 bits per heavy atom. The summed E-state index contributed by atoms with van der Waals surface area (Å²) in [6.07, 6.45) is 2.18. The van der Waals surface area contributed by atoms with Crippen LogP contribution in [0.4, 0.5) is 13.6 Å². The average molecular weight is 326 g/mol. The molecule has 1 unspecified atom stereocenters. The number of urea groups is 1. The molecule has 7 heteroatoms. The molecule has 0 radical (unpaired) electrons. The van der Waals surface area contributed by atoms with Gasteiger partial charge in [0.15, 0.2) is 0 Å². The van der Waals surface area contributed by atoms with E-state index in [2.05, 4.69) is 10.6 Å². The van der Waals surface area contributed by atoms with Crippen LogP contribution in [-0.4, -0.2) is 23.1 Å². The van der Waals surface area contributed by atoms with E-state index >= 15 is 0 Å². The summed E-state index contributed by atoms with van der Waals surface area (Å²) in [7, 11) is 0. The molecule has 1 atom stereocenters. The largest absolute Gasteiger partial charge is 0.481 e. The van der Waals surface area contributed by atoms with Crippen LogP contribution in [0, 0.1) is 17.6 Å². The lowest BCUT2D eigenvalue weighted by Gasteiger charge is -2.27. The number of hydrogen-bond acceptors (Lipinski definition) is 2.